The van der Waals surface area contributed by atoms with E-state index in [4.69, 9.17) is 5.11 Å². The lowest BCUT2D eigenvalue weighted by molar-refractivity contribution is -0.137. The molecule has 19 heavy (non-hydrogen) atoms. The average molecular weight is 265 g/mol. The molecule has 0 spiro atoms. The van der Waals surface area contributed by atoms with Crippen molar-refractivity contribution >= 4 is 18.1 Å². The molecule has 0 unspecified atom stereocenters. The zero-order valence-corrected chi connectivity index (χ0v) is 12.1. The van der Waals surface area contributed by atoms with Gasteiger partial charge in [-0.2, -0.15) is 0 Å². The molecule has 0 atom stereocenters. The van der Waals surface area contributed by atoms with Crippen LogP contribution in [0, 0.1) is 12.8 Å². The minimum atomic E-state index is -0.696. The van der Waals surface area contributed by atoms with E-state index in [1.54, 1.807) is 11.9 Å². The lowest BCUT2D eigenvalue weighted by Crippen LogP contribution is -2.13. The van der Waals surface area contributed by atoms with E-state index in [-0.39, 0.29) is 0 Å². The second-order valence-corrected chi connectivity index (χ2v) is 4.88. The summed E-state index contributed by atoms with van der Waals surface area (Å²) in [6.07, 6.45) is 1.89. The van der Waals surface area contributed by atoms with E-state index in [0.717, 1.165) is 18.5 Å². The van der Waals surface area contributed by atoms with Crippen LogP contribution in [0.5, 0.6) is 0 Å². The third kappa shape index (κ3) is 8.83. The monoisotopic (exact) mass is 265 g/mol. The van der Waals surface area contributed by atoms with Crippen LogP contribution in [0.3, 0.4) is 0 Å². The lowest BCUT2D eigenvalue weighted by atomic mass is 10.1. The molecule has 1 aromatic carbocycles. The van der Waals surface area contributed by atoms with Crippen molar-refractivity contribution in [2.75, 3.05) is 11.9 Å². The van der Waals surface area contributed by atoms with Crippen LogP contribution >= 0.6 is 0 Å². The zero-order chi connectivity index (χ0) is 14.8. The van der Waals surface area contributed by atoms with Crippen molar-refractivity contribution in [3.63, 3.8) is 0 Å². The van der Waals surface area contributed by atoms with Crippen LogP contribution in [0.4, 0.5) is 5.69 Å². The SMILES string of the molecule is CC(C)CCC(=O)O.Cc1ccc(N(C)C=O)cc1. The second kappa shape index (κ2) is 9.14. The standard InChI is InChI=1S/C9H11NO.C6H12O2/c1-8-3-5-9(6-4-8)10(2)7-11;1-5(2)3-4-6(7)8/h3-7H,1-2H3;5H,3-4H2,1-2H3,(H,7,8). The van der Waals surface area contributed by atoms with Gasteiger partial charge in [0, 0.05) is 19.2 Å². The maximum Gasteiger partial charge on any atom is 0.303 e. The van der Waals surface area contributed by atoms with Gasteiger partial charge in [0.15, 0.2) is 0 Å². The van der Waals surface area contributed by atoms with Crippen molar-refractivity contribution in [3.05, 3.63) is 29.8 Å². The van der Waals surface area contributed by atoms with Crippen LogP contribution in [0.1, 0.15) is 32.3 Å². The number of carboxylic acids is 1. The fourth-order valence-electron chi connectivity index (χ4n) is 1.25. The largest absolute Gasteiger partial charge is 0.481 e. The highest BCUT2D eigenvalue weighted by Crippen LogP contribution is 2.11. The number of anilines is 1. The number of carbonyl (C=O) groups excluding carboxylic acids is 1. The van der Waals surface area contributed by atoms with E-state index < -0.39 is 5.97 Å². The number of hydrogen-bond acceptors (Lipinski definition) is 2. The van der Waals surface area contributed by atoms with Crippen molar-refractivity contribution < 1.29 is 14.7 Å². The number of rotatable bonds is 5. The summed E-state index contributed by atoms with van der Waals surface area (Å²) in [6.45, 7) is 6.05. The fraction of sp³-hybridized carbons (Fsp3) is 0.467. The van der Waals surface area contributed by atoms with Gasteiger partial charge in [-0.1, -0.05) is 31.5 Å². The van der Waals surface area contributed by atoms with E-state index in [1.165, 1.54) is 5.56 Å². The molecule has 0 aliphatic carbocycles. The number of aryl methyl sites for hydroxylation is 1. The summed E-state index contributed by atoms with van der Waals surface area (Å²) >= 11 is 0. The Labute approximate surface area is 115 Å². The summed E-state index contributed by atoms with van der Waals surface area (Å²) in [7, 11) is 1.73. The second-order valence-electron chi connectivity index (χ2n) is 4.88. The number of amides is 1. The molecule has 1 N–H and O–H groups in total. The first-order chi connectivity index (χ1) is 8.86. The summed E-state index contributed by atoms with van der Waals surface area (Å²) in [6, 6.07) is 7.80. The first-order valence-corrected chi connectivity index (χ1v) is 6.33. The Morgan fingerprint density at radius 2 is 1.84 bits per heavy atom. The summed E-state index contributed by atoms with van der Waals surface area (Å²) in [5.74, 6) is -0.190. The maximum atomic E-state index is 10.3. The Bertz CT molecular complexity index is 385. The highest BCUT2D eigenvalue weighted by Gasteiger charge is 1.98. The summed E-state index contributed by atoms with van der Waals surface area (Å²) < 4.78 is 0. The average Bonchev–Trinajstić information content (AvgIpc) is 2.37. The van der Waals surface area contributed by atoms with Crippen LogP contribution in [-0.2, 0) is 9.59 Å². The molecule has 1 amide bonds. The highest BCUT2D eigenvalue weighted by molar-refractivity contribution is 5.74. The molecule has 0 bridgehead atoms. The minimum Gasteiger partial charge on any atom is -0.481 e. The highest BCUT2D eigenvalue weighted by atomic mass is 16.4. The Morgan fingerprint density at radius 1 is 1.32 bits per heavy atom. The summed E-state index contributed by atoms with van der Waals surface area (Å²) in [5, 5.41) is 8.16. The van der Waals surface area contributed by atoms with Crippen LogP contribution in [0.25, 0.3) is 0 Å². The molecule has 4 heteroatoms. The summed E-state index contributed by atoms with van der Waals surface area (Å²) in [5.41, 5.74) is 2.12. The normalized spacial score (nSPS) is 9.53. The van der Waals surface area contributed by atoms with Crippen LogP contribution in [0.15, 0.2) is 24.3 Å². The molecule has 1 rings (SSSR count). The molecule has 0 saturated carbocycles. The van der Waals surface area contributed by atoms with Crippen molar-refractivity contribution in [2.24, 2.45) is 5.92 Å². The third-order valence-electron chi connectivity index (χ3n) is 2.53. The van der Waals surface area contributed by atoms with Crippen molar-refractivity contribution in [2.45, 2.75) is 33.6 Å². The lowest BCUT2D eigenvalue weighted by Gasteiger charge is -2.09. The molecule has 0 aliphatic rings. The Kier molecular flexibility index (Phi) is 8.25. The number of benzene rings is 1. The molecule has 0 aromatic heterocycles. The van der Waals surface area contributed by atoms with Gasteiger partial charge in [0.05, 0.1) is 0 Å². The van der Waals surface area contributed by atoms with Gasteiger partial charge in [-0.15, -0.1) is 0 Å². The number of aliphatic carboxylic acids is 1. The van der Waals surface area contributed by atoms with Crippen molar-refractivity contribution in [1.82, 2.24) is 0 Å². The number of hydrogen-bond donors (Lipinski definition) is 1. The Balaban J connectivity index is 0.000000362. The van der Waals surface area contributed by atoms with Crippen LogP contribution in [0.2, 0.25) is 0 Å². The first-order valence-electron chi connectivity index (χ1n) is 6.33. The van der Waals surface area contributed by atoms with E-state index >= 15 is 0 Å². The van der Waals surface area contributed by atoms with E-state index in [1.807, 2.05) is 45.0 Å². The zero-order valence-electron chi connectivity index (χ0n) is 12.1. The van der Waals surface area contributed by atoms with Crippen LogP contribution in [-0.4, -0.2) is 24.5 Å². The van der Waals surface area contributed by atoms with E-state index in [2.05, 4.69) is 0 Å². The van der Waals surface area contributed by atoms with E-state index in [0.29, 0.717) is 12.3 Å². The number of nitrogens with zero attached hydrogens (tertiary/aromatic N) is 1. The van der Waals surface area contributed by atoms with Gasteiger partial charge in [0.25, 0.3) is 0 Å². The Morgan fingerprint density at radius 3 is 2.16 bits per heavy atom. The topological polar surface area (TPSA) is 57.6 Å². The molecule has 4 nitrogen and oxygen atoms in total. The first kappa shape index (κ1) is 17.2. The van der Waals surface area contributed by atoms with Gasteiger partial charge in [-0.05, 0) is 31.4 Å². The molecule has 0 aliphatic heterocycles. The Hall–Kier alpha value is -1.84. The molecular formula is C15H23NO3. The van der Waals surface area contributed by atoms with Crippen LogP contribution < -0.4 is 4.90 Å². The van der Waals surface area contributed by atoms with Crippen molar-refractivity contribution in [3.8, 4) is 0 Å². The molecular weight excluding hydrogens is 242 g/mol. The van der Waals surface area contributed by atoms with E-state index in [9.17, 15) is 9.59 Å². The maximum absolute atomic E-state index is 10.3. The minimum absolute atomic E-state index is 0.303. The fourth-order valence-corrected chi connectivity index (χ4v) is 1.25. The molecule has 0 fully saturated rings. The molecule has 0 heterocycles. The van der Waals surface area contributed by atoms with Gasteiger partial charge in [-0.25, -0.2) is 0 Å². The van der Waals surface area contributed by atoms with Gasteiger partial charge < -0.3 is 10.0 Å². The van der Waals surface area contributed by atoms with Gasteiger partial charge in [0.2, 0.25) is 6.41 Å². The van der Waals surface area contributed by atoms with Gasteiger partial charge in [0.1, 0.15) is 0 Å². The predicted octanol–water partition coefficient (Wildman–Crippen LogP) is 3.09. The number of carbonyl (C=O) groups is 2. The molecule has 106 valence electrons. The van der Waals surface area contributed by atoms with Gasteiger partial charge >= 0.3 is 5.97 Å². The number of carboxylic acid groups (broad SMARTS) is 1. The molecule has 0 saturated heterocycles. The predicted molar refractivity (Wildman–Crippen MR) is 77.4 cm³/mol. The third-order valence-corrected chi connectivity index (χ3v) is 2.53. The molecule has 1 aromatic rings. The smallest absolute Gasteiger partial charge is 0.303 e. The quantitative estimate of drug-likeness (QED) is 0.832. The molecule has 0 radical (unpaired) electrons. The summed E-state index contributed by atoms with van der Waals surface area (Å²) in [4.78, 5) is 21.8. The van der Waals surface area contributed by atoms with Gasteiger partial charge in [-0.3, -0.25) is 9.59 Å². The van der Waals surface area contributed by atoms with Crippen molar-refractivity contribution in [1.29, 1.82) is 0 Å².